The van der Waals surface area contributed by atoms with Crippen molar-refractivity contribution in [1.29, 1.82) is 0 Å². The van der Waals surface area contributed by atoms with Crippen molar-refractivity contribution < 1.29 is 12.8 Å². The van der Waals surface area contributed by atoms with Crippen molar-refractivity contribution in [3.8, 4) is 0 Å². The summed E-state index contributed by atoms with van der Waals surface area (Å²) in [4.78, 5) is 0.0484. The second kappa shape index (κ2) is 4.54. The van der Waals surface area contributed by atoms with Gasteiger partial charge in [-0.2, -0.15) is 4.31 Å². The standard InChI is InChI=1S/C13H17FN2O2S/c1-9-13-7-15-6-10(13)8-16(9)19(17,18)12-4-2-3-11(14)5-12/h2-5,9-10,13,15H,6-8H2,1H3. The Bertz CT molecular complexity index is 590. The first-order valence-electron chi connectivity index (χ1n) is 6.48. The van der Waals surface area contributed by atoms with E-state index >= 15 is 0 Å². The van der Waals surface area contributed by atoms with Crippen molar-refractivity contribution in [2.75, 3.05) is 19.6 Å². The highest BCUT2D eigenvalue weighted by Crippen LogP contribution is 2.36. The van der Waals surface area contributed by atoms with Gasteiger partial charge in [0.05, 0.1) is 4.90 Å². The van der Waals surface area contributed by atoms with Gasteiger partial charge in [0.1, 0.15) is 5.82 Å². The smallest absolute Gasteiger partial charge is 0.243 e. The zero-order chi connectivity index (χ0) is 13.6. The molecule has 2 aliphatic rings. The number of hydrogen-bond acceptors (Lipinski definition) is 3. The molecule has 1 aromatic rings. The van der Waals surface area contributed by atoms with Gasteiger partial charge >= 0.3 is 0 Å². The molecule has 0 aliphatic carbocycles. The predicted octanol–water partition coefficient (Wildman–Crippen LogP) is 1.05. The Balaban J connectivity index is 1.93. The fraction of sp³-hybridized carbons (Fsp3) is 0.538. The lowest BCUT2D eigenvalue weighted by Crippen LogP contribution is -2.38. The van der Waals surface area contributed by atoms with Gasteiger partial charge in [-0.05, 0) is 50.0 Å². The van der Waals surface area contributed by atoms with Crippen molar-refractivity contribution >= 4 is 10.0 Å². The topological polar surface area (TPSA) is 49.4 Å². The normalized spacial score (nSPS) is 31.6. The summed E-state index contributed by atoms with van der Waals surface area (Å²) >= 11 is 0. The first-order chi connectivity index (χ1) is 9.00. The third-order valence-electron chi connectivity index (χ3n) is 4.28. The van der Waals surface area contributed by atoms with Gasteiger partial charge in [-0.15, -0.1) is 0 Å². The first kappa shape index (κ1) is 13.0. The molecule has 1 N–H and O–H groups in total. The highest BCUT2D eigenvalue weighted by atomic mass is 32.2. The summed E-state index contributed by atoms with van der Waals surface area (Å²) in [7, 11) is -3.59. The molecule has 1 aromatic carbocycles. The van der Waals surface area contributed by atoms with Crippen LogP contribution in [0.3, 0.4) is 0 Å². The number of benzene rings is 1. The zero-order valence-electron chi connectivity index (χ0n) is 10.7. The van der Waals surface area contributed by atoms with Crippen LogP contribution in [-0.4, -0.2) is 38.4 Å². The van der Waals surface area contributed by atoms with E-state index in [-0.39, 0.29) is 10.9 Å². The van der Waals surface area contributed by atoms with Crippen LogP contribution in [0.5, 0.6) is 0 Å². The average Bonchev–Trinajstić information content (AvgIpc) is 2.93. The summed E-state index contributed by atoms with van der Waals surface area (Å²) in [5.41, 5.74) is 0. The van der Waals surface area contributed by atoms with E-state index in [1.165, 1.54) is 22.5 Å². The summed E-state index contributed by atoms with van der Waals surface area (Å²) in [6, 6.07) is 5.20. The van der Waals surface area contributed by atoms with Crippen molar-refractivity contribution in [2.45, 2.75) is 17.9 Å². The number of sulfonamides is 1. The number of fused-ring (bicyclic) bond motifs is 1. The maximum atomic E-state index is 13.2. The van der Waals surface area contributed by atoms with E-state index in [2.05, 4.69) is 5.32 Å². The SMILES string of the molecule is CC1C2CNCC2CN1S(=O)(=O)c1cccc(F)c1. The third-order valence-corrected chi connectivity index (χ3v) is 6.23. The van der Waals surface area contributed by atoms with Crippen molar-refractivity contribution in [3.05, 3.63) is 30.1 Å². The highest BCUT2D eigenvalue weighted by molar-refractivity contribution is 7.89. The largest absolute Gasteiger partial charge is 0.316 e. The Morgan fingerprint density at radius 1 is 1.37 bits per heavy atom. The molecule has 4 nitrogen and oxygen atoms in total. The lowest BCUT2D eigenvalue weighted by Gasteiger charge is -2.23. The monoisotopic (exact) mass is 284 g/mol. The molecule has 0 aromatic heterocycles. The average molecular weight is 284 g/mol. The number of nitrogens with one attached hydrogen (secondary N) is 1. The van der Waals surface area contributed by atoms with E-state index in [9.17, 15) is 12.8 Å². The molecule has 19 heavy (non-hydrogen) atoms. The van der Waals surface area contributed by atoms with Crippen LogP contribution in [0.15, 0.2) is 29.2 Å². The van der Waals surface area contributed by atoms with Crippen molar-refractivity contribution in [1.82, 2.24) is 9.62 Å². The Morgan fingerprint density at radius 2 is 2.16 bits per heavy atom. The van der Waals surface area contributed by atoms with Gasteiger partial charge in [0.15, 0.2) is 0 Å². The quantitative estimate of drug-likeness (QED) is 0.883. The second-order valence-electron chi connectivity index (χ2n) is 5.35. The van der Waals surface area contributed by atoms with Crippen LogP contribution >= 0.6 is 0 Å². The fourth-order valence-corrected chi connectivity index (χ4v) is 4.97. The molecule has 3 atom stereocenters. The lowest BCUT2D eigenvalue weighted by atomic mass is 9.95. The highest BCUT2D eigenvalue weighted by Gasteiger charge is 2.46. The van der Waals surface area contributed by atoms with Gasteiger partial charge in [0.2, 0.25) is 10.0 Å². The van der Waals surface area contributed by atoms with E-state index in [1.807, 2.05) is 6.92 Å². The van der Waals surface area contributed by atoms with E-state index in [0.717, 1.165) is 19.2 Å². The molecule has 3 rings (SSSR count). The number of hydrogen-bond donors (Lipinski definition) is 1. The van der Waals surface area contributed by atoms with E-state index in [1.54, 1.807) is 0 Å². The summed E-state index contributed by atoms with van der Waals surface area (Å²) in [5, 5.41) is 3.29. The first-order valence-corrected chi connectivity index (χ1v) is 7.92. The van der Waals surface area contributed by atoms with Gasteiger partial charge in [-0.3, -0.25) is 0 Å². The van der Waals surface area contributed by atoms with Gasteiger partial charge in [0, 0.05) is 12.6 Å². The molecule has 104 valence electrons. The molecule has 0 saturated carbocycles. The maximum absolute atomic E-state index is 13.2. The van der Waals surface area contributed by atoms with Crippen LogP contribution in [-0.2, 0) is 10.0 Å². The second-order valence-corrected chi connectivity index (χ2v) is 7.25. The van der Waals surface area contributed by atoms with Crippen molar-refractivity contribution in [2.24, 2.45) is 11.8 Å². The van der Waals surface area contributed by atoms with Crippen LogP contribution in [0.4, 0.5) is 4.39 Å². The van der Waals surface area contributed by atoms with Crippen LogP contribution < -0.4 is 5.32 Å². The van der Waals surface area contributed by atoms with E-state index in [0.29, 0.717) is 18.4 Å². The summed E-state index contributed by atoms with van der Waals surface area (Å²) < 4.78 is 39.9. The molecule has 2 saturated heterocycles. The summed E-state index contributed by atoms with van der Waals surface area (Å²) in [6.45, 7) is 4.19. The van der Waals surface area contributed by atoms with E-state index < -0.39 is 15.8 Å². The molecule has 2 heterocycles. The van der Waals surface area contributed by atoms with Gasteiger partial charge in [-0.1, -0.05) is 6.07 Å². The number of rotatable bonds is 2. The summed E-state index contributed by atoms with van der Waals surface area (Å²) in [5.74, 6) is 0.219. The Morgan fingerprint density at radius 3 is 2.84 bits per heavy atom. The molecule has 3 unspecified atom stereocenters. The van der Waals surface area contributed by atoms with Crippen LogP contribution in [0.2, 0.25) is 0 Å². The molecule has 2 aliphatic heterocycles. The molecular formula is C13H17FN2O2S. The van der Waals surface area contributed by atoms with Gasteiger partial charge < -0.3 is 5.32 Å². The number of halogens is 1. The van der Waals surface area contributed by atoms with Gasteiger partial charge in [0.25, 0.3) is 0 Å². The lowest BCUT2D eigenvalue weighted by molar-refractivity contribution is 0.360. The minimum absolute atomic E-state index is 0.0340. The Hall–Kier alpha value is -0.980. The molecule has 0 spiro atoms. The Labute approximate surface area is 112 Å². The van der Waals surface area contributed by atoms with Crippen LogP contribution in [0.25, 0.3) is 0 Å². The number of nitrogens with zero attached hydrogens (tertiary/aromatic N) is 1. The molecular weight excluding hydrogens is 267 g/mol. The van der Waals surface area contributed by atoms with Crippen LogP contribution in [0, 0.1) is 17.7 Å². The van der Waals surface area contributed by atoms with E-state index in [4.69, 9.17) is 0 Å². The molecule has 2 fully saturated rings. The molecule has 0 bridgehead atoms. The predicted molar refractivity (Wildman–Crippen MR) is 69.6 cm³/mol. The van der Waals surface area contributed by atoms with Gasteiger partial charge in [-0.25, -0.2) is 12.8 Å². The third kappa shape index (κ3) is 2.07. The van der Waals surface area contributed by atoms with Crippen molar-refractivity contribution in [3.63, 3.8) is 0 Å². The zero-order valence-corrected chi connectivity index (χ0v) is 11.5. The summed E-state index contributed by atoms with van der Waals surface area (Å²) in [6.07, 6.45) is 0. The molecule has 0 amide bonds. The Kier molecular flexibility index (Phi) is 3.11. The van der Waals surface area contributed by atoms with Crippen LogP contribution in [0.1, 0.15) is 6.92 Å². The maximum Gasteiger partial charge on any atom is 0.243 e. The minimum atomic E-state index is -3.59. The minimum Gasteiger partial charge on any atom is -0.316 e. The molecule has 0 radical (unpaired) electrons. The fourth-order valence-electron chi connectivity index (χ4n) is 3.21. The molecule has 6 heteroatoms.